The number of ether oxygens (including phenoxy) is 2. The normalized spacial score (nSPS) is 19.1. The molecule has 0 spiro atoms. The first-order valence-corrected chi connectivity index (χ1v) is 9.46. The SMILES string of the molecule is COC(=O)COc1ccc(CN2C[C@@H](CN)[C@H](c3ccccc3)C2)cc1[N+](=O)[O-]. The molecule has 0 bridgehead atoms. The van der Waals surface area contributed by atoms with Gasteiger partial charge in [-0.1, -0.05) is 36.4 Å². The van der Waals surface area contributed by atoms with Gasteiger partial charge in [0.15, 0.2) is 12.4 Å². The molecule has 1 heterocycles. The number of carbonyl (C=O) groups is 1. The molecule has 0 aromatic heterocycles. The molecule has 1 fully saturated rings. The van der Waals surface area contributed by atoms with Gasteiger partial charge >= 0.3 is 11.7 Å². The highest BCUT2D eigenvalue weighted by Gasteiger charge is 2.33. The third kappa shape index (κ3) is 5.10. The Hall–Kier alpha value is -2.97. The number of nitro groups is 1. The molecule has 3 rings (SSSR count). The molecule has 2 N–H and O–H groups in total. The van der Waals surface area contributed by atoms with Crippen LogP contribution in [0.15, 0.2) is 48.5 Å². The quantitative estimate of drug-likeness (QED) is 0.412. The minimum absolute atomic E-state index is 0.0487. The van der Waals surface area contributed by atoms with Crippen LogP contribution >= 0.6 is 0 Å². The number of carbonyl (C=O) groups excluding carboxylic acids is 1. The zero-order valence-electron chi connectivity index (χ0n) is 16.3. The summed E-state index contributed by atoms with van der Waals surface area (Å²) in [6.07, 6.45) is 0. The van der Waals surface area contributed by atoms with E-state index in [-0.39, 0.29) is 18.0 Å². The molecule has 0 aliphatic carbocycles. The molecule has 154 valence electrons. The number of nitro benzene ring substituents is 1. The van der Waals surface area contributed by atoms with Gasteiger partial charge in [-0.05, 0) is 29.7 Å². The topological polar surface area (TPSA) is 108 Å². The van der Waals surface area contributed by atoms with Crippen molar-refractivity contribution in [2.45, 2.75) is 12.5 Å². The van der Waals surface area contributed by atoms with Crippen molar-refractivity contribution in [1.82, 2.24) is 4.90 Å². The lowest BCUT2D eigenvalue weighted by molar-refractivity contribution is -0.385. The van der Waals surface area contributed by atoms with Crippen LogP contribution in [0.4, 0.5) is 5.69 Å². The van der Waals surface area contributed by atoms with Crippen molar-refractivity contribution in [3.63, 3.8) is 0 Å². The van der Waals surface area contributed by atoms with E-state index in [2.05, 4.69) is 21.8 Å². The number of methoxy groups -OCH3 is 1. The zero-order valence-corrected chi connectivity index (χ0v) is 16.3. The highest BCUT2D eigenvalue weighted by atomic mass is 16.6. The molecule has 2 aromatic rings. The van der Waals surface area contributed by atoms with E-state index in [0.717, 1.165) is 18.7 Å². The van der Waals surface area contributed by atoms with Crippen LogP contribution in [-0.4, -0.2) is 49.1 Å². The second-order valence-electron chi connectivity index (χ2n) is 7.13. The van der Waals surface area contributed by atoms with Crippen molar-refractivity contribution >= 4 is 11.7 Å². The van der Waals surface area contributed by atoms with Gasteiger partial charge in [-0.3, -0.25) is 15.0 Å². The third-order valence-corrected chi connectivity index (χ3v) is 5.25. The second-order valence-corrected chi connectivity index (χ2v) is 7.13. The summed E-state index contributed by atoms with van der Waals surface area (Å²) in [6.45, 7) is 2.49. The summed E-state index contributed by atoms with van der Waals surface area (Å²) in [6, 6.07) is 15.1. The standard InChI is InChI=1S/C21H25N3O5/c1-28-21(25)14-29-20-8-7-15(9-19(20)24(26)27)11-23-12-17(10-22)18(13-23)16-5-3-2-4-6-16/h2-9,17-18H,10-14,22H2,1H3/t17-,18+/m1/s1. The van der Waals surface area contributed by atoms with Gasteiger partial charge in [-0.25, -0.2) is 4.79 Å². The monoisotopic (exact) mass is 399 g/mol. The minimum atomic E-state index is -0.597. The predicted octanol–water partition coefficient (Wildman–Crippen LogP) is 2.32. The maximum absolute atomic E-state index is 11.4. The van der Waals surface area contributed by atoms with Gasteiger partial charge in [0.05, 0.1) is 12.0 Å². The second kappa shape index (κ2) is 9.49. The first kappa shape index (κ1) is 20.8. The molecule has 8 heteroatoms. The van der Waals surface area contributed by atoms with Gasteiger partial charge in [0.2, 0.25) is 0 Å². The molecule has 0 radical (unpaired) electrons. The number of nitrogens with zero attached hydrogens (tertiary/aromatic N) is 2. The number of esters is 1. The van der Waals surface area contributed by atoms with Crippen LogP contribution in [0.2, 0.25) is 0 Å². The fraction of sp³-hybridized carbons (Fsp3) is 0.381. The molecule has 1 aliphatic rings. The summed E-state index contributed by atoms with van der Waals surface area (Å²) in [5, 5.41) is 11.4. The van der Waals surface area contributed by atoms with E-state index in [9.17, 15) is 14.9 Å². The number of hydrogen-bond donors (Lipinski definition) is 1. The zero-order chi connectivity index (χ0) is 20.8. The first-order chi connectivity index (χ1) is 14.0. The van der Waals surface area contributed by atoms with Crippen LogP contribution in [0, 0.1) is 16.0 Å². The van der Waals surface area contributed by atoms with Crippen LogP contribution in [0.3, 0.4) is 0 Å². The van der Waals surface area contributed by atoms with E-state index in [1.807, 2.05) is 18.2 Å². The molecule has 0 saturated carbocycles. The summed E-state index contributed by atoms with van der Waals surface area (Å²) in [5.41, 5.74) is 7.91. The highest BCUT2D eigenvalue weighted by molar-refractivity contribution is 5.71. The Labute approximate surface area is 169 Å². The Morgan fingerprint density at radius 3 is 2.66 bits per heavy atom. The third-order valence-electron chi connectivity index (χ3n) is 5.25. The smallest absolute Gasteiger partial charge is 0.343 e. The highest BCUT2D eigenvalue weighted by Crippen LogP contribution is 2.34. The average Bonchev–Trinajstić information content (AvgIpc) is 3.15. The molecule has 1 saturated heterocycles. The summed E-state index contributed by atoms with van der Waals surface area (Å²) < 4.78 is 9.74. The van der Waals surface area contributed by atoms with E-state index in [0.29, 0.717) is 24.9 Å². The summed E-state index contributed by atoms with van der Waals surface area (Å²) in [7, 11) is 1.23. The fourth-order valence-electron chi connectivity index (χ4n) is 3.79. The lowest BCUT2D eigenvalue weighted by Gasteiger charge is -2.17. The van der Waals surface area contributed by atoms with Crippen LogP contribution in [0.25, 0.3) is 0 Å². The number of benzene rings is 2. The number of hydrogen-bond acceptors (Lipinski definition) is 7. The molecular formula is C21H25N3O5. The molecule has 1 aliphatic heterocycles. The first-order valence-electron chi connectivity index (χ1n) is 9.46. The maximum atomic E-state index is 11.4. The molecule has 0 unspecified atom stereocenters. The minimum Gasteiger partial charge on any atom is -0.475 e. The molecule has 29 heavy (non-hydrogen) atoms. The molecule has 0 amide bonds. The van der Waals surface area contributed by atoms with Gasteiger partial charge in [0.25, 0.3) is 0 Å². The largest absolute Gasteiger partial charge is 0.475 e. The maximum Gasteiger partial charge on any atom is 0.343 e. The van der Waals surface area contributed by atoms with Gasteiger partial charge in [-0.2, -0.15) is 0 Å². The predicted molar refractivity (Wildman–Crippen MR) is 108 cm³/mol. The van der Waals surface area contributed by atoms with Gasteiger partial charge in [-0.15, -0.1) is 0 Å². The van der Waals surface area contributed by atoms with Gasteiger partial charge in [0.1, 0.15) is 0 Å². The van der Waals surface area contributed by atoms with Crippen molar-refractivity contribution in [2.75, 3.05) is 33.4 Å². The van der Waals surface area contributed by atoms with Crippen molar-refractivity contribution in [2.24, 2.45) is 11.7 Å². The van der Waals surface area contributed by atoms with E-state index < -0.39 is 10.9 Å². The Kier molecular flexibility index (Phi) is 6.79. The Morgan fingerprint density at radius 2 is 2.00 bits per heavy atom. The van der Waals surface area contributed by atoms with Crippen LogP contribution in [0.1, 0.15) is 17.0 Å². The Morgan fingerprint density at radius 1 is 1.24 bits per heavy atom. The van der Waals surface area contributed by atoms with E-state index >= 15 is 0 Å². The van der Waals surface area contributed by atoms with Crippen molar-refractivity contribution < 1.29 is 19.2 Å². The summed E-state index contributed by atoms with van der Waals surface area (Å²) in [4.78, 5) is 24.4. The fourth-order valence-corrected chi connectivity index (χ4v) is 3.79. The molecule has 8 nitrogen and oxygen atoms in total. The molecule has 2 atom stereocenters. The van der Waals surface area contributed by atoms with Gasteiger partial charge < -0.3 is 15.2 Å². The van der Waals surface area contributed by atoms with Crippen molar-refractivity contribution in [1.29, 1.82) is 0 Å². The number of likely N-dealkylation sites (tertiary alicyclic amines) is 1. The van der Waals surface area contributed by atoms with Gasteiger partial charge in [0, 0.05) is 31.6 Å². The Bertz CT molecular complexity index is 859. The van der Waals surface area contributed by atoms with Crippen LogP contribution in [-0.2, 0) is 16.1 Å². The Balaban J connectivity index is 1.72. The van der Waals surface area contributed by atoms with Crippen molar-refractivity contribution in [3.8, 4) is 5.75 Å². The van der Waals surface area contributed by atoms with Crippen LogP contribution < -0.4 is 10.5 Å². The van der Waals surface area contributed by atoms with E-state index in [1.54, 1.807) is 6.07 Å². The summed E-state index contributed by atoms with van der Waals surface area (Å²) >= 11 is 0. The molecule has 2 aromatic carbocycles. The van der Waals surface area contributed by atoms with Crippen molar-refractivity contribution in [3.05, 3.63) is 69.8 Å². The number of nitrogens with two attached hydrogens (primary N) is 1. The lowest BCUT2D eigenvalue weighted by Crippen LogP contribution is -2.23. The molecular weight excluding hydrogens is 374 g/mol. The van der Waals surface area contributed by atoms with E-state index in [1.165, 1.54) is 24.8 Å². The average molecular weight is 399 g/mol. The lowest BCUT2D eigenvalue weighted by atomic mass is 9.89. The van der Waals surface area contributed by atoms with E-state index in [4.69, 9.17) is 10.5 Å². The summed E-state index contributed by atoms with van der Waals surface area (Å²) in [5.74, 6) is 0.140. The van der Waals surface area contributed by atoms with Crippen LogP contribution in [0.5, 0.6) is 5.75 Å². The number of rotatable bonds is 8.